The molecule has 0 amide bonds. The maximum Gasteiger partial charge on any atom is 0.238 e. The van der Waals surface area contributed by atoms with Crippen molar-refractivity contribution in [2.24, 2.45) is 0 Å². The van der Waals surface area contributed by atoms with Gasteiger partial charge in [-0.2, -0.15) is 4.57 Å². The first-order valence-electron chi connectivity index (χ1n) is 6.05. The number of aromatic nitrogens is 1. The number of thiocarbonyl (C=S) groups is 1. The number of likely N-dealkylation sites (N-methyl/N-ethyl adjacent to an activating group) is 1. The molecule has 0 aliphatic carbocycles. The summed E-state index contributed by atoms with van der Waals surface area (Å²) in [5, 5.41) is 15.7. The van der Waals surface area contributed by atoms with Gasteiger partial charge in [0.25, 0.3) is 0 Å². The highest BCUT2D eigenvalue weighted by Gasteiger charge is 2.18. The van der Waals surface area contributed by atoms with E-state index in [1.54, 1.807) is 29.1 Å². The van der Waals surface area contributed by atoms with Gasteiger partial charge in [-0.25, -0.2) is 0 Å². The molecule has 20 heavy (non-hydrogen) atoms. The van der Waals surface area contributed by atoms with E-state index in [0.717, 1.165) is 0 Å². The number of halogens is 1. The topological polar surface area (TPSA) is 39.0 Å². The maximum atomic E-state index is 12.6. The quantitative estimate of drug-likeness (QED) is 0.406. The zero-order valence-corrected chi connectivity index (χ0v) is 13.2. The number of rotatable bonds is 4. The molecule has 0 saturated carbocycles. The van der Waals surface area contributed by atoms with Crippen molar-refractivity contribution < 1.29 is 9.67 Å². The van der Waals surface area contributed by atoms with Crippen LogP contribution in [0.25, 0.3) is 11.5 Å². The van der Waals surface area contributed by atoms with Crippen LogP contribution in [0.1, 0.15) is 11.8 Å². The van der Waals surface area contributed by atoms with Crippen molar-refractivity contribution in [2.75, 3.05) is 6.54 Å². The second-order valence-corrected chi connectivity index (χ2v) is 6.05. The molecule has 0 atom stereocenters. The van der Waals surface area contributed by atoms with E-state index in [-0.39, 0.29) is 5.76 Å². The summed E-state index contributed by atoms with van der Waals surface area (Å²) >= 11 is 12.5. The highest BCUT2D eigenvalue weighted by Crippen LogP contribution is 2.26. The Kier molecular flexibility index (Phi) is 5.11. The molecule has 2 aromatic heterocycles. The van der Waals surface area contributed by atoms with Crippen molar-refractivity contribution in [1.29, 1.82) is 0 Å². The Morgan fingerprint density at radius 1 is 1.35 bits per heavy atom. The number of thiophene rings is 1. The Labute approximate surface area is 132 Å². The van der Waals surface area contributed by atoms with Crippen molar-refractivity contribution in [1.82, 2.24) is 5.32 Å². The van der Waals surface area contributed by atoms with Crippen LogP contribution in [0, 0.1) is 0 Å². The van der Waals surface area contributed by atoms with Gasteiger partial charge in [-0.1, -0.05) is 29.9 Å². The van der Waals surface area contributed by atoms with Gasteiger partial charge >= 0.3 is 0 Å². The van der Waals surface area contributed by atoms with Gasteiger partial charge in [-0.15, -0.1) is 11.3 Å². The lowest BCUT2D eigenvalue weighted by molar-refractivity contribution is -0.577. The Balaban J connectivity index is 2.54. The van der Waals surface area contributed by atoms with Gasteiger partial charge < -0.3 is 10.4 Å². The van der Waals surface area contributed by atoms with Gasteiger partial charge in [0, 0.05) is 23.6 Å². The first-order valence-corrected chi connectivity index (χ1v) is 7.65. The average molecular weight is 325 g/mol. The number of pyridine rings is 1. The van der Waals surface area contributed by atoms with Crippen molar-refractivity contribution in [3.63, 3.8) is 0 Å². The molecule has 0 bridgehead atoms. The summed E-state index contributed by atoms with van der Waals surface area (Å²) in [7, 11) is 0. The molecule has 0 aromatic carbocycles. The molecule has 0 spiro atoms. The smallest absolute Gasteiger partial charge is 0.238 e. The first-order chi connectivity index (χ1) is 9.63. The first kappa shape index (κ1) is 15.0. The Morgan fingerprint density at radius 2 is 2.05 bits per heavy atom. The van der Waals surface area contributed by atoms with E-state index < -0.39 is 0 Å². The van der Waals surface area contributed by atoms with Crippen LogP contribution in [0.5, 0.6) is 0 Å². The summed E-state index contributed by atoms with van der Waals surface area (Å²) < 4.78 is 2.31. The van der Waals surface area contributed by atoms with Gasteiger partial charge in [-0.05, 0) is 24.8 Å². The minimum Gasteiger partial charge on any atom is -0.867 e. The molecule has 0 aliphatic rings. The van der Waals surface area contributed by atoms with Gasteiger partial charge in [0.1, 0.15) is 0 Å². The van der Waals surface area contributed by atoms with Crippen LogP contribution >= 0.6 is 35.2 Å². The molecular formula is C14H13ClN2OS2. The van der Waals surface area contributed by atoms with Gasteiger partial charge in [0.15, 0.2) is 17.4 Å². The summed E-state index contributed by atoms with van der Waals surface area (Å²) in [5.41, 5.74) is 0.431. The van der Waals surface area contributed by atoms with Crippen molar-refractivity contribution in [2.45, 2.75) is 6.92 Å². The van der Waals surface area contributed by atoms with Crippen LogP contribution in [0.15, 0.2) is 42.7 Å². The van der Waals surface area contributed by atoms with E-state index in [0.29, 0.717) is 26.4 Å². The zero-order chi connectivity index (χ0) is 14.5. The highest BCUT2D eigenvalue weighted by atomic mass is 35.5. The van der Waals surface area contributed by atoms with E-state index in [4.69, 9.17) is 23.8 Å². The average Bonchev–Trinajstić information content (AvgIpc) is 2.87. The van der Waals surface area contributed by atoms with Crippen molar-refractivity contribution >= 4 is 51.6 Å². The van der Waals surface area contributed by atoms with E-state index in [1.807, 2.05) is 25.1 Å². The normalized spacial score (nSPS) is 11.9. The monoisotopic (exact) mass is 324 g/mol. The number of hydrogen-bond donors (Lipinski definition) is 1. The molecule has 0 radical (unpaired) electrons. The summed E-state index contributed by atoms with van der Waals surface area (Å²) in [5.74, 6) is -0.135. The summed E-state index contributed by atoms with van der Waals surface area (Å²) in [6.07, 6.45) is 3.60. The molecule has 0 fully saturated rings. The molecule has 0 aliphatic heterocycles. The van der Waals surface area contributed by atoms with Gasteiger partial charge in [0.05, 0.1) is 4.34 Å². The third kappa shape index (κ3) is 3.36. The van der Waals surface area contributed by atoms with Crippen molar-refractivity contribution in [3.05, 3.63) is 51.9 Å². The molecule has 3 nitrogen and oxygen atoms in total. The molecule has 0 saturated heterocycles. The summed E-state index contributed by atoms with van der Waals surface area (Å²) in [6.45, 7) is 2.60. The van der Waals surface area contributed by atoms with Crippen LogP contribution in [0.2, 0.25) is 4.34 Å². The van der Waals surface area contributed by atoms with Crippen LogP contribution in [0.4, 0.5) is 0 Å². The van der Waals surface area contributed by atoms with E-state index in [9.17, 15) is 5.11 Å². The van der Waals surface area contributed by atoms with E-state index in [2.05, 4.69) is 5.32 Å². The second-order valence-electron chi connectivity index (χ2n) is 3.92. The van der Waals surface area contributed by atoms with Crippen LogP contribution in [-0.2, 0) is 0 Å². The van der Waals surface area contributed by atoms with Crippen molar-refractivity contribution in [3.8, 4) is 0 Å². The largest absolute Gasteiger partial charge is 0.867 e. The molecule has 2 heterocycles. The lowest BCUT2D eigenvalue weighted by Gasteiger charge is -2.14. The molecule has 1 N–H and O–H groups in total. The second kappa shape index (κ2) is 6.83. The number of nitrogens with zero attached hydrogens (tertiary/aromatic N) is 1. The third-order valence-electron chi connectivity index (χ3n) is 2.54. The van der Waals surface area contributed by atoms with Gasteiger partial charge in [0.2, 0.25) is 5.70 Å². The number of nitrogens with one attached hydrogen (secondary N) is 1. The summed E-state index contributed by atoms with van der Waals surface area (Å²) in [4.78, 5) is 1.000. The van der Waals surface area contributed by atoms with Crippen LogP contribution in [0.3, 0.4) is 0 Å². The molecule has 104 valence electrons. The lowest BCUT2D eigenvalue weighted by atomic mass is 10.3. The van der Waals surface area contributed by atoms with E-state index >= 15 is 0 Å². The maximum absolute atomic E-state index is 12.6. The molecule has 2 rings (SSSR count). The van der Waals surface area contributed by atoms with Gasteiger partial charge in [-0.3, -0.25) is 0 Å². The molecule has 2 aromatic rings. The van der Waals surface area contributed by atoms with Crippen LogP contribution < -0.4 is 15.0 Å². The third-order valence-corrected chi connectivity index (χ3v) is 4.11. The lowest BCUT2D eigenvalue weighted by Crippen LogP contribution is -2.42. The zero-order valence-electron chi connectivity index (χ0n) is 10.8. The summed E-state index contributed by atoms with van der Waals surface area (Å²) in [6, 6.07) is 9.01. The fourth-order valence-corrected chi connectivity index (χ4v) is 3.01. The molecule has 0 unspecified atom stereocenters. The minimum atomic E-state index is -0.135. The van der Waals surface area contributed by atoms with E-state index in [1.165, 1.54) is 11.3 Å². The fraction of sp³-hybridized carbons (Fsp3) is 0.143. The fourth-order valence-electron chi connectivity index (χ4n) is 1.68. The Hall–Kier alpha value is -1.43. The standard InChI is InChI=1S/C14H13ClN2OS2/c1-2-16-14(19)12(17-8-4-3-5-9-17)13(18)10-6-7-11(15)20-10/h3-9H,2H2,1H3,(H-,16,18,19). The minimum absolute atomic E-state index is 0.135. The SMILES string of the molecule is CCNC(=S)C(=C([O-])c1ccc(Cl)s1)[n+]1ccccc1. The molecular weight excluding hydrogens is 312 g/mol. The highest BCUT2D eigenvalue weighted by molar-refractivity contribution is 7.81. The molecule has 6 heteroatoms. The number of hydrogen-bond acceptors (Lipinski definition) is 3. The Bertz CT molecular complexity index is 638. The Morgan fingerprint density at radius 3 is 2.60 bits per heavy atom. The predicted molar refractivity (Wildman–Crippen MR) is 85.4 cm³/mol. The predicted octanol–water partition coefficient (Wildman–Crippen LogP) is 2.31. The van der Waals surface area contributed by atoms with Crippen LogP contribution in [-0.4, -0.2) is 11.5 Å².